The summed E-state index contributed by atoms with van der Waals surface area (Å²) in [5.41, 5.74) is 2.60. The molecule has 0 N–H and O–H groups in total. The third-order valence-electron chi connectivity index (χ3n) is 3.26. The van der Waals surface area contributed by atoms with Crippen LogP contribution in [0.15, 0.2) is 12.3 Å². The van der Waals surface area contributed by atoms with E-state index in [1.807, 2.05) is 10.9 Å². The van der Waals surface area contributed by atoms with E-state index < -0.39 is 0 Å². The highest BCUT2D eigenvalue weighted by atomic mass is 16.5. The molecule has 1 aliphatic rings. The van der Waals surface area contributed by atoms with Crippen LogP contribution in [0.25, 0.3) is 5.76 Å². The standard InChI is InChI=1S/C13H20N2O/c1-9(2)15-12-10(8-14-15)13(3,4)7-6-11(12)16-5/h6,8-9H,7H2,1-5H3. The fourth-order valence-electron chi connectivity index (χ4n) is 2.23. The summed E-state index contributed by atoms with van der Waals surface area (Å²) in [6.45, 7) is 8.78. The molecule has 0 atom stereocenters. The Morgan fingerprint density at radius 2 is 2.12 bits per heavy atom. The van der Waals surface area contributed by atoms with Crippen LogP contribution in [0, 0.1) is 0 Å². The van der Waals surface area contributed by atoms with Gasteiger partial charge in [-0.1, -0.05) is 13.8 Å². The lowest BCUT2D eigenvalue weighted by Crippen LogP contribution is -2.22. The first kappa shape index (κ1) is 11.2. The average Bonchev–Trinajstić information content (AvgIpc) is 2.63. The quantitative estimate of drug-likeness (QED) is 0.765. The fraction of sp³-hybridized carbons (Fsp3) is 0.615. The first-order chi connectivity index (χ1) is 7.47. The number of fused-ring (bicyclic) bond motifs is 1. The number of allylic oxidation sites excluding steroid dienone is 1. The van der Waals surface area contributed by atoms with Crippen molar-refractivity contribution in [2.45, 2.75) is 45.6 Å². The molecule has 0 aromatic carbocycles. The van der Waals surface area contributed by atoms with Crippen LogP contribution in [0.1, 0.15) is 51.4 Å². The lowest BCUT2D eigenvalue weighted by atomic mass is 9.78. The molecule has 0 aliphatic heterocycles. The predicted octanol–water partition coefficient (Wildman–Crippen LogP) is 3.13. The fourth-order valence-corrected chi connectivity index (χ4v) is 2.23. The first-order valence-electron chi connectivity index (χ1n) is 5.80. The molecule has 0 unspecified atom stereocenters. The smallest absolute Gasteiger partial charge is 0.140 e. The molecule has 3 nitrogen and oxygen atoms in total. The van der Waals surface area contributed by atoms with Crippen LogP contribution in [0.3, 0.4) is 0 Å². The van der Waals surface area contributed by atoms with Gasteiger partial charge in [-0.15, -0.1) is 0 Å². The van der Waals surface area contributed by atoms with Crippen LogP contribution in [-0.2, 0) is 10.2 Å². The molecule has 0 saturated carbocycles. The zero-order valence-electron chi connectivity index (χ0n) is 10.7. The normalized spacial score (nSPS) is 18.2. The molecule has 1 aliphatic carbocycles. The van der Waals surface area contributed by atoms with Crippen molar-refractivity contribution < 1.29 is 4.74 Å². The molecule has 1 aromatic heterocycles. The van der Waals surface area contributed by atoms with E-state index in [1.165, 1.54) is 5.56 Å². The summed E-state index contributed by atoms with van der Waals surface area (Å²) < 4.78 is 7.51. The van der Waals surface area contributed by atoms with Crippen LogP contribution < -0.4 is 0 Å². The molecule has 88 valence electrons. The van der Waals surface area contributed by atoms with Crippen LogP contribution in [0.4, 0.5) is 0 Å². The Morgan fingerprint density at radius 3 is 2.69 bits per heavy atom. The van der Waals surface area contributed by atoms with Gasteiger partial charge in [-0.2, -0.15) is 5.10 Å². The zero-order chi connectivity index (χ0) is 11.9. The molecular weight excluding hydrogens is 200 g/mol. The second kappa shape index (κ2) is 3.65. The molecule has 0 bridgehead atoms. The number of hydrogen-bond acceptors (Lipinski definition) is 2. The topological polar surface area (TPSA) is 27.1 Å². The van der Waals surface area contributed by atoms with Gasteiger partial charge in [0.15, 0.2) is 0 Å². The average molecular weight is 220 g/mol. The van der Waals surface area contributed by atoms with Crippen molar-refractivity contribution in [3.05, 3.63) is 23.5 Å². The lowest BCUT2D eigenvalue weighted by molar-refractivity contribution is 0.349. The van der Waals surface area contributed by atoms with Crippen molar-refractivity contribution in [2.75, 3.05) is 7.11 Å². The van der Waals surface area contributed by atoms with Crippen LogP contribution in [0.2, 0.25) is 0 Å². The van der Waals surface area contributed by atoms with Gasteiger partial charge in [0.05, 0.1) is 13.3 Å². The maximum Gasteiger partial charge on any atom is 0.140 e. The number of rotatable bonds is 2. The Morgan fingerprint density at radius 1 is 1.44 bits per heavy atom. The van der Waals surface area contributed by atoms with Gasteiger partial charge >= 0.3 is 0 Å². The molecule has 3 heteroatoms. The third kappa shape index (κ3) is 1.55. The lowest BCUT2D eigenvalue weighted by Gasteiger charge is -2.29. The molecule has 1 heterocycles. The van der Waals surface area contributed by atoms with E-state index in [2.05, 4.69) is 38.9 Å². The highest BCUT2D eigenvalue weighted by Gasteiger charge is 2.32. The van der Waals surface area contributed by atoms with Gasteiger partial charge in [0, 0.05) is 11.6 Å². The summed E-state index contributed by atoms with van der Waals surface area (Å²) in [5, 5.41) is 4.49. The second-order valence-electron chi connectivity index (χ2n) is 5.31. The van der Waals surface area contributed by atoms with Crippen molar-refractivity contribution in [1.82, 2.24) is 9.78 Å². The number of aromatic nitrogens is 2. The number of ether oxygens (including phenoxy) is 1. The summed E-state index contributed by atoms with van der Waals surface area (Å²) >= 11 is 0. The Hall–Kier alpha value is -1.25. The molecule has 0 spiro atoms. The molecule has 0 amide bonds. The third-order valence-corrected chi connectivity index (χ3v) is 3.26. The van der Waals surface area contributed by atoms with Crippen LogP contribution in [0.5, 0.6) is 0 Å². The predicted molar refractivity (Wildman–Crippen MR) is 65.2 cm³/mol. The largest absolute Gasteiger partial charge is 0.495 e. The molecule has 1 aromatic rings. The molecule has 0 fully saturated rings. The van der Waals surface area contributed by atoms with E-state index in [-0.39, 0.29) is 5.41 Å². The summed E-state index contributed by atoms with van der Waals surface area (Å²) in [5.74, 6) is 0.959. The molecule has 0 saturated heterocycles. The zero-order valence-corrected chi connectivity index (χ0v) is 10.7. The highest BCUT2D eigenvalue weighted by Crippen LogP contribution is 2.39. The van der Waals surface area contributed by atoms with E-state index in [4.69, 9.17) is 4.74 Å². The molecule has 2 rings (SSSR count). The van der Waals surface area contributed by atoms with Gasteiger partial charge in [0.25, 0.3) is 0 Å². The first-order valence-corrected chi connectivity index (χ1v) is 5.80. The van der Waals surface area contributed by atoms with Crippen molar-refractivity contribution in [1.29, 1.82) is 0 Å². The second-order valence-corrected chi connectivity index (χ2v) is 5.31. The van der Waals surface area contributed by atoms with Crippen LogP contribution in [-0.4, -0.2) is 16.9 Å². The SMILES string of the molecule is COC1=CCC(C)(C)c2cnn(C(C)C)c21. The number of hydrogen-bond donors (Lipinski definition) is 0. The molecule has 16 heavy (non-hydrogen) atoms. The Balaban J connectivity index is 2.61. The summed E-state index contributed by atoms with van der Waals surface area (Å²) in [6, 6.07) is 0.358. The van der Waals surface area contributed by atoms with Crippen molar-refractivity contribution in [2.24, 2.45) is 0 Å². The van der Waals surface area contributed by atoms with E-state index in [0.29, 0.717) is 6.04 Å². The monoisotopic (exact) mass is 220 g/mol. The van der Waals surface area contributed by atoms with Gasteiger partial charge in [-0.3, -0.25) is 4.68 Å². The van der Waals surface area contributed by atoms with Crippen molar-refractivity contribution in [3.63, 3.8) is 0 Å². The summed E-state index contributed by atoms with van der Waals surface area (Å²) in [6.07, 6.45) is 5.16. The Bertz CT molecular complexity index is 427. The van der Waals surface area contributed by atoms with E-state index in [9.17, 15) is 0 Å². The Kier molecular flexibility index (Phi) is 2.56. The minimum Gasteiger partial charge on any atom is -0.495 e. The number of nitrogens with zero attached hydrogens (tertiary/aromatic N) is 2. The van der Waals surface area contributed by atoms with Gasteiger partial charge in [-0.25, -0.2) is 0 Å². The minimum absolute atomic E-state index is 0.157. The summed E-state index contributed by atoms with van der Waals surface area (Å²) in [4.78, 5) is 0. The maximum absolute atomic E-state index is 5.46. The summed E-state index contributed by atoms with van der Waals surface area (Å²) in [7, 11) is 1.73. The van der Waals surface area contributed by atoms with Crippen molar-refractivity contribution in [3.8, 4) is 0 Å². The van der Waals surface area contributed by atoms with Gasteiger partial charge in [0.1, 0.15) is 11.5 Å². The van der Waals surface area contributed by atoms with Gasteiger partial charge < -0.3 is 4.74 Å². The van der Waals surface area contributed by atoms with Gasteiger partial charge in [0.2, 0.25) is 0 Å². The molecule has 0 radical (unpaired) electrons. The highest BCUT2D eigenvalue weighted by molar-refractivity contribution is 5.64. The Labute approximate surface area is 97.1 Å². The van der Waals surface area contributed by atoms with Crippen molar-refractivity contribution >= 4 is 5.76 Å². The van der Waals surface area contributed by atoms with E-state index in [1.54, 1.807) is 7.11 Å². The van der Waals surface area contributed by atoms with Crippen LogP contribution >= 0.6 is 0 Å². The van der Waals surface area contributed by atoms with Gasteiger partial charge in [-0.05, 0) is 31.8 Å². The maximum atomic E-state index is 5.46. The molecular formula is C13H20N2O. The minimum atomic E-state index is 0.157. The van der Waals surface area contributed by atoms with E-state index in [0.717, 1.165) is 17.9 Å². The number of methoxy groups -OCH3 is 1. The van der Waals surface area contributed by atoms with E-state index >= 15 is 0 Å².